The van der Waals surface area contributed by atoms with Crippen molar-refractivity contribution in [1.29, 1.82) is 0 Å². The summed E-state index contributed by atoms with van der Waals surface area (Å²) in [5.74, 6) is 0.248. The van der Waals surface area contributed by atoms with Crippen LogP contribution >= 0.6 is 11.6 Å². The number of anilines is 3. The number of amides is 2. The summed E-state index contributed by atoms with van der Waals surface area (Å²) >= 11 is 6.11. The number of piperidine rings is 1. The van der Waals surface area contributed by atoms with E-state index in [1.807, 2.05) is 30.3 Å². The number of rotatable bonds is 6. The first-order valence-electron chi connectivity index (χ1n) is 10.9. The molecule has 7 heteroatoms. The summed E-state index contributed by atoms with van der Waals surface area (Å²) in [7, 11) is 1.59. The van der Waals surface area contributed by atoms with Gasteiger partial charge in [-0.15, -0.1) is 0 Å². The van der Waals surface area contributed by atoms with Gasteiger partial charge in [-0.1, -0.05) is 29.8 Å². The van der Waals surface area contributed by atoms with E-state index in [0.29, 0.717) is 27.7 Å². The molecular weight excluding hydrogens is 438 g/mol. The lowest BCUT2D eigenvalue weighted by atomic mass is 9.95. The fourth-order valence-electron chi connectivity index (χ4n) is 3.97. The van der Waals surface area contributed by atoms with Crippen molar-refractivity contribution in [2.45, 2.75) is 12.8 Å². The number of halogens is 1. The third-order valence-electron chi connectivity index (χ3n) is 5.82. The molecule has 0 saturated carbocycles. The van der Waals surface area contributed by atoms with E-state index in [4.69, 9.17) is 16.3 Å². The van der Waals surface area contributed by atoms with E-state index in [1.54, 1.807) is 49.6 Å². The summed E-state index contributed by atoms with van der Waals surface area (Å²) in [4.78, 5) is 28.1. The van der Waals surface area contributed by atoms with Crippen molar-refractivity contribution >= 4 is 40.5 Å². The number of methoxy groups -OCH3 is 1. The number of ether oxygens (including phenoxy) is 1. The molecule has 0 atom stereocenters. The number of benzene rings is 3. The molecule has 2 N–H and O–H groups in total. The fourth-order valence-corrected chi connectivity index (χ4v) is 4.15. The number of carbonyl (C=O) groups is 2. The summed E-state index contributed by atoms with van der Waals surface area (Å²) in [6.07, 6.45) is 1.47. The molecule has 1 aliphatic rings. The SMILES string of the molecule is COc1ccc(NC(=O)c2ccccc2NC(=O)C2CCN(c3cccc(Cl)c3)CC2)cc1. The van der Waals surface area contributed by atoms with Crippen LogP contribution in [0.25, 0.3) is 0 Å². The van der Waals surface area contributed by atoms with Gasteiger partial charge in [0.05, 0.1) is 18.4 Å². The van der Waals surface area contributed by atoms with Gasteiger partial charge < -0.3 is 20.3 Å². The highest BCUT2D eigenvalue weighted by Crippen LogP contribution is 2.27. The Balaban J connectivity index is 1.38. The number of carbonyl (C=O) groups excluding carboxylic acids is 2. The third-order valence-corrected chi connectivity index (χ3v) is 6.05. The van der Waals surface area contributed by atoms with E-state index in [0.717, 1.165) is 31.6 Å². The van der Waals surface area contributed by atoms with Crippen LogP contribution in [-0.2, 0) is 4.79 Å². The zero-order valence-electron chi connectivity index (χ0n) is 18.4. The van der Waals surface area contributed by atoms with Gasteiger partial charge in [0.25, 0.3) is 5.91 Å². The zero-order valence-corrected chi connectivity index (χ0v) is 19.1. The van der Waals surface area contributed by atoms with E-state index in [-0.39, 0.29) is 17.7 Å². The lowest BCUT2D eigenvalue weighted by Crippen LogP contribution is -2.38. The van der Waals surface area contributed by atoms with E-state index in [9.17, 15) is 9.59 Å². The van der Waals surface area contributed by atoms with Gasteiger partial charge in [-0.3, -0.25) is 9.59 Å². The van der Waals surface area contributed by atoms with Gasteiger partial charge >= 0.3 is 0 Å². The molecule has 3 aromatic carbocycles. The molecule has 0 spiro atoms. The number of nitrogens with zero attached hydrogens (tertiary/aromatic N) is 1. The predicted molar refractivity (Wildman–Crippen MR) is 132 cm³/mol. The van der Waals surface area contributed by atoms with Crippen LogP contribution in [0.2, 0.25) is 5.02 Å². The summed E-state index contributed by atoms with van der Waals surface area (Å²) in [6, 6.07) is 21.9. The summed E-state index contributed by atoms with van der Waals surface area (Å²) in [6.45, 7) is 1.55. The van der Waals surface area contributed by atoms with E-state index in [1.165, 1.54) is 0 Å². The Kier molecular flexibility index (Phi) is 7.15. The summed E-state index contributed by atoms with van der Waals surface area (Å²) < 4.78 is 5.15. The number of hydrogen-bond donors (Lipinski definition) is 2. The Bertz CT molecular complexity index is 1130. The van der Waals surface area contributed by atoms with Gasteiger partial charge in [0, 0.05) is 35.4 Å². The van der Waals surface area contributed by atoms with E-state index < -0.39 is 0 Å². The molecule has 2 amide bonds. The molecule has 1 aliphatic heterocycles. The molecule has 0 aliphatic carbocycles. The highest BCUT2D eigenvalue weighted by molar-refractivity contribution is 6.30. The molecule has 4 rings (SSSR count). The summed E-state index contributed by atoms with van der Waals surface area (Å²) in [5, 5.41) is 6.54. The smallest absolute Gasteiger partial charge is 0.257 e. The van der Waals surface area contributed by atoms with Crippen molar-refractivity contribution < 1.29 is 14.3 Å². The van der Waals surface area contributed by atoms with Crippen molar-refractivity contribution in [1.82, 2.24) is 0 Å². The molecule has 3 aromatic rings. The molecule has 170 valence electrons. The van der Waals surface area contributed by atoms with Gasteiger partial charge in [-0.25, -0.2) is 0 Å². The molecule has 6 nitrogen and oxygen atoms in total. The zero-order chi connectivity index (χ0) is 23.2. The fraction of sp³-hybridized carbons (Fsp3) is 0.231. The molecule has 33 heavy (non-hydrogen) atoms. The van der Waals surface area contributed by atoms with Crippen LogP contribution in [0.1, 0.15) is 23.2 Å². The van der Waals surface area contributed by atoms with E-state index >= 15 is 0 Å². The predicted octanol–water partition coefficient (Wildman–Crippen LogP) is 5.46. The lowest BCUT2D eigenvalue weighted by molar-refractivity contribution is -0.120. The Hall–Kier alpha value is -3.51. The minimum atomic E-state index is -0.285. The van der Waals surface area contributed by atoms with Crippen LogP contribution in [0.5, 0.6) is 5.75 Å². The minimum Gasteiger partial charge on any atom is -0.497 e. The van der Waals surface area contributed by atoms with Crippen molar-refractivity contribution in [2.24, 2.45) is 5.92 Å². The number of nitrogens with one attached hydrogen (secondary N) is 2. The molecule has 0 unspecified atom stereocenters. The maximum absolute atomic E-state index is 13.0. The van der Waals surface area contributed by atoms with Gasteiger partial charge in [0.2, 0.25) is 5.91 Å². The molecule has 0 aromatic heterocycles. The van der Waals surface area contributed by atoms with Crippen LogP contribution in [0.3, 0.4) is 0 Å². The first kappa shape index (κ1) is 22.7. The average molecular weight is 464 g/mol. The van der Waals surface area contributed by atoms with Crippen LogP contribution in [0, 0.1) is 5.92 Å². The largest absolute Gasteiger partial charge is 0.497 e. The first-order chi connectivity index (χ1) is 16.0. The quantitative estimate of drug-likeness (QED) is 0.509. The van der Waals surface area contributed by atoms with Gasteiger partial charge in [-0.05, 0) is 67.4 Å². The Morgan fingerprint density at radius 2 is 1.67 bits per heavy atom. The third kappa shape index (κ3) is 5.65. The van der Waals surface area contributed by atoms with Crippen molar-refractivity contribution in [3.05, 3.63) is 83.4 Å². The summed E-state index contributed by atoms with van der Waals surface area (Å²) in [5.41, 5.74) is 2.64. The highest BCUT2D eigenvalue weighted by atomic mass is 35.5. The van der Waals surface area contributed by atoms with Crippen molar-refractivity contribution in [3.63, 3.8) is 0 Å². The van der Waals surface area contributed by atoms with Gasteiger partial charge in [0.15, 0.2) is 0 Å². The second-order valence-corrected chi connectivity index (χ2v) is 8.40. The maximum Gasteiger partial charge on any atom is 0.257 e. The van der Waals surface area contributed by atoms with Crippen LogP contribution in [0.4, 0.5) is 17.1 Å². The molecule has 1 saturated heterocycles. The maximum atomic E-state index is 13.0. The van der Waals surface area contributed by atoms with Crippen LogP contribution in [0.15, 0.2) is 72.8 Å². The molecule has 1 heterocycles. The molecule has 0 bridgehead atoms. The molecule has 1 fully saturated rings. The van der Waals surface area contributed by atoms with Crippen molar-refractivity contribution in [3.8, 4) is 5.75 Å². The van der Waals surface area contributed by atoms with E-state index in [2.05, 4.69) is 15.5 Å². The number of hydrogen-bond acceptors (Lipinski definition) is 4. The standard InChI is InChI=1S/C26H26ClN3O3/c1-33-22-11-9-20(10-12-22)28-26(32)23-7-2-3-8-24(23)29-25(31)18-13-15-30(16-14-18)21-6-4-5-19(27)17-21/h2-12,17-18H,13-16H2,1H3,(H,28,32)(H,29,31). The van der Waals surface area contributed by atoms with Crippen molar-refractivity contribution in [2.75, 3.05) is 35.7 Å². The first-order valence-corrected chi connectivity index (χ1v) is 11.3. The Morgan fingerprint density at radius 1 is 0.939 bits per heavy atom. The lowest BCUT2D eigenvalue weighted by Gasteiger charge is -2.33. The van der Waals surface area contributed by atoms with Gasteiger partial charge in [-0.2, -0.15) is 0 Å². The Labute approximate surface area is 198 Å². The normalized spacial score (nSPS) is 13.9. The molecule has 0 radical (unpaired) electrons. The average Bonchev–Trinajstić information content (AvgIpc) is 2.85. The highest BCUT2D eigenvalue weighted by Gasteiger charge is 2.26. The van der Waals surface area contributed by atoms with Gasteiger partial charge in [0.1, 0.15) is 5.75 Å². The Morgan fingerprint density at radius 3 is 2.36 bits per heavy atom. The van der Waals surface area contributed by atoms with Crippen LogP contribution < -0.4 is 20.3 Å². The monoisotopic (exact) mass is 463 g/mol. The topological polar surface area (TPSA) is 70.7 Å². The second-order valence-electron chi connectivity index (χ2n) is 7.96. The minimum absolute atomic E-state index is 0.0644. The number of para-hydroxylation sites is 1. The second kappa shape index (κ2) is 10.4. The molecular formula is C26H26ClN3O3. The van der Waals surface area contributed by atoms with Crippen LogP contribution in [-0.4, -0.2) is 32.0 Å².